The molecule has 1 unspecified atom stereocenters. The summed E-state index contributed by atoms with van der Waals surface area (Å²) in [6.45, 7) is 12.3. The Morgan fingerprint density at radius 1 is 1.19 bits per heavy atom. The molecule has 9 heteroatoms. The van der Waals surface area contributed by atoms with Crippen molar-refractivity contribution in [3.05, 3.63) is 22.7 Å². The fourth-order valence-corrected chi connectivity index (χ4v) is 3.82. The van der Waals surface area contributed by atoms with E-state index in [4.69, 9.17) is 4.74 Å². The van der Waals surface area contributed by atoms with Crippen molar-refractivity contribution in [1.82, 2.24) is 19.6 Å². The van der Waals surface area contributed by atoms with Crippen molar-refractivity contribution < 1.29 is 13.7 Å². The number of aromatic nitrogens is 2. The molecule has 1 N–H and O–H groups in total. The number of rotatable bonds is 3. The molecule has 1 fully saturated rings. The Balaban J connectivity index is 2.22. The number of likely N-dealkylation sites (tertiary alicyclic amines) is 1. The Bertz CT molecular complexity index is 690. The zero-order valence-corrected chi connectivity index (χ0v) is 19.2. The summed E-state index contributed by atoms with van der Waals surface area (Å²) >= 11 is 3.35. The van der Waals surface area contributed by atoms with Gasteiger partial charge in [0.05, 0.1) is 25.7 Å². The fourth-order valence-electron chi connectivity index (χ4n) is 2.66. The number of carbonyl (C=O) groups is 1. The smallest absolute Gasteiger partial charge is 0.410 e. The van der Waals surface area contributed by atoms with Crippen LogP contribution in [0.4, 0.5) is 4.79 Å². The predicted molar refractivity (Wildman–Crippen MR) is 109 cm³/mol. The number of hydrogen-bond donors (Lipinski definition) is 1. The van der Waals surface area contributed by atoms with E-state index in [0.29, 0.717) is 31.8 Å². The van der Waals surface area contributed by atoms with Crippen LogP contribution >= 0.6 is 15.9 Å². The SMILES string of the molecule is CC(C)(C)OC(=O)N1CCC(NS(=O)C(C)(C)C)(c2ncc(Br)cn2)CC1. The summed E-state index contributed by atoms with van der Waals surface area (Å²) in [5, 5.41) is 0. The minimum absolute atomic E-state index is 0.329. The van der Waals surface area contributed by atoms with Crippen molar-refractivity contribution in [3.63, 3.8) is 0 Å². The molecule has 1 amide bonds. The second kappa shape index (κ2) is 8.13. The number of piperidine rings is 1. The van der Waals surface area contributed by atoms with Crippen LogP contribution < -0.4 is 4.72 Å². The van der Waals surface area contributed by atoms with E-state index in [1.807, 2.05) is 41.5 Å². The molecule has 0 radical (unpaired) electrons. The van der Waals surface area contributed by atoms with E-state index in [9.17, 15) is 9.00 Å². The standard InChI is InChI=1S/C18H29BrN4O3S/c1-16(2,3)26-15(24)23-9-7-18(8-10-23,22-27(25)17(4,5)6)14-20-11-13(19)12-21-14/h11-12,22H,7-10H2,1-6H3. The average Bonchev–Trinajstić information content (AvgIpc) is 2.53. The molecule has 7 nitrogen and oxygen atoms in total. The van der Waals surface area contributed by atoms with Crippen LogP contribution in [-0.4, -0.2) is 48.6 Å². The second-order valence-corrected chi connectivity index (χ2v) is 11.6. The molecule has 152 valence electrons. The molecule has 2 heterocycles. The molecule has 1 aliphatic rings. The molecular weight excluding hydrogens is 432 g/mol. The van der Waals surface area contributed by atoms with Gasteiger partial charge in [-0.3, -0.25) is 0 Å². The summed E-state index contributed by atoms with van der Waals surface area (Å²) in [5.41, 5.74) is -1.19. The Kier molecular flexibility index (Phi) is 6.69. The van der Waals surface area contributed by atoms with Gasteiger partial charge in [-0.1, -0.05) is 0 Å². The minimum atomic E-state index is -1.29. The maximum Gasteiger partial charge on any atom is 0.410 e. The minimum Gasteiger partial charge on any atom is -0.444 e. The van der Waals surface area contributed by atoms with Crippen molar-refractivity contribution in [1.29, 1.82) is 0 Å². The van der Waals surface area contributed by atoms with Gasteiger partial charge in [0.2, 0.25) is 0 Å². The number of ether oxygens (including phenoxy) is 1. The monoisotopic (exact) mass is 460 g/mol. The predicted octanol–water partition coefficient (Wildman–Crippen LogP) is 3.52. The van der Waals surface area contributed by atoms with Crippen LogP contribution in [0.3, 0.4) is 0 Å². The van der Waals surface area contributed by atoms with E-state index < -0.39 is 26.9 Å². The molecule has 0 aromatic carbocycles. The third kappa shape index (κ3) is 5.96. The Morgan fingerprint density at radius 3 is 2.15 bits per heavy atom. The van der Waals surface area contributed by atoms with Crippen molar-refractivity contribution >= 4 is 33.0 Å². The first-order valence-electron chi connectivity index (χ1n) is 8.98. The Labute approximate surface area is 172 Å². The summed E-state index contributed by atoms with van der Waals surface area (Å²) in [5.74, 6) is 0.590. The summed E-state index contributed by atoms with van der Waals surface area (Å²) in [6, 6.07) is 0. The molecule has 1 aromatic rings. The molecule has 0 aliphatic carbocycles. The van der Waals surface area contributed by atoms with E-state index in [0.717, 1.165) is 4.47 Å². The summed E-state index contributed by atoms with van der Waals surface area (Å²) < 4.78 is 21.9. The highest BCUT2D eigenvalue weighted by molar-refractivity contribution is 9.10. The normalized spacial score (nSPS) is 18.9. The van der Waals surface area contributed by atoms with Crippen LogP contribution in [-0.2, 0) is 21.3 Å². The van der Waals surface area contributed by atoms with Crippen molar-refractivity contribution in [2.24, 2.45) is 0 Å². The van der Waals surface area contributed by atoms with Crippen LogP contribution in [0, 0.1) is 0 Å². The number of carbonyl (C=O) groups excluding carboxylic acids is 1. The maximum atomic E-state index is 12.8. The van der Waals surface area contributed by atoms with Gasteiger partial charge in [-0.15, -0.1) is 0 Å². The highest BCUT2D eigenvalue weighted by atomic mass is 79.9. The number of hydrogen-bond acceptors (Lipinski definition) is 5. The highest BCUT2D eigenvalue weighted by Gasteiger charge is 2.43. The van der Waals surface area contributed by atoms with Crippen LogP contribution in [0.2, 0.25) is 0 Å². The van der Waals surface area contributed by atoms with Gasteiger partial charge in [0, 0.05) is 25.5 Å². The summed E-state index contributed by atoms with van der Waals surface area (Å²) in [7, 11) is -1.29. The molecule has 27 heavy (non-hydrogen) atoms. The molecule has 0 spiro atoms. The highest BCUT2D eigenvalue weighted by Crippen LogP contribution is 2.33. The third-order valence-electron chi connectivity index (χ3n) is 4.16. The van der Waals surface area contributed by atoms with Gasteiger partial charge in [-0.25, -0.2) is 23.7 Å². The van der Waals surface area contributed by atoms with Gasteiger partial charge in [-0.2, -0.15) is 0 Å². The lowest BCUT2D eigenvalue weighted by Crippen LogP contribution is -2.56. The molecular formula is C18H29BrN4O3S. The van der Waals surface area contributed by atoms with Gasteiger partial charge >= 0.3 is 6.09 Å². The van der Waals surface area contributed by atoms with Gasteiger partial charge in [-0.05, 0) is 70.3 Å². The second-order valence-electron chi connectivity index (χ2n) is 8.76. The van der Waals surface area contributed by atoms with E-state index in [1.54, 1.807) is 17.3 Å². The molecule has 1 atom stereocenters. The Morgan fingerprint density at radius 2 is 1.70 bits per heavy atom. The number of nitrogens with one attached hydrogen (secondary N) is 1. The maximum absolute atomic E-state index is 12.8. The van der Waals surface area contributed by atoms with Crippen LogP contribution in [0.5, 0.6) is 0 Å². The van der Waals surface area contributed by atoms with Crippen molar-refractivity contribution in [3.8, 4) is 0 Å². The number of nitrogens with zero attached hydrogens (tertiary/aromatic N) is 3. The molecule has 0 saturated carbocycles. The van der Waals surface area contributed by atoms with Gasteiger partial charge < -0.3 is 9.64 Å². The van der Waals surface area contributed by atoms with E-state index in [2.05, 4.69) is 30.6 Å². The first-order valence-corrected chi connectivity index (χ1v) is 10.9. The first kappa shape index (κ1) is 22.2. The lowest BCUT2D eigenvalue weighted by molar-refractivity contribution is 0.0153. The quantitative estimate of drug-likeness (QED) is 0.745. The van der Waals surface area contributed by atoms with E-state index in [1.165, 1.54) is 0 Å². The zero-order valence-electron chi connectivity index (χ0n) is 16.8. The first-order chi connectivity index (χ1) is 12.3. The lowest BCUT2D eigenvalue weighted by atomic mass is 9.88. The Hall–Kier alpha value is -1.06. The van der Waals surface area contributed by atoms with Crippen molar-refractivity contribution in [2.45, 2.75) is 70.3 Å². The largest absolute Gasteiger partial charge is 0.444 e. The van der Waals surface area contributed by atoms with E-state index >= 15 is 0 Å². The van der Waals surface area contributed by atoms with Gasteiger partial charge in [0.15, 0.2) is 0 Å². The number of amides is 1. The summed E-state index contributed by atoms with van der Waals surface area (Å²) in [4.78, 5) is 23.0. The number of halogens is 1. The zero-order chi connectivity index (χ0) is 20.5. The van der Waals surface area contributed by atoms with E-state index in [-0.39, 0.29) is 6.09 Å². The average molecular weight is 461 g/mol. The molecule has 0 bridgehead atoms. The summed E-state index contributed by atoms with van der Waals surface area (Å²) in [6.07, 6.45) is 4.15. The molecule has 2 rings (SSSR count). The molecule has 1 aromatic heterocycles. The fraction of sp³-hybridized carbons (Fsp3) is 0.722. The van der Waals surface area contributed by atoms with Crippen LogP contribution in [0.1, 0.15) is 60.2 Å². The van der Waals surface area contributed by atoms with Crippen molar-refractivity contribution in [2.75, 3.05) is 13.1 Å². The van der Waals surface area contributed by atoms with Gasteiger partial charge in [0.25, 0.3) is 0 Å². The molecule has 1 aliphatic heterocycles. The molecule has 1 saturated heterocycles. The topological polar surface area (TPSA) is 84.4 Å². The van der Waals surface area contributed by atoms with Crippen LogP contribution in [0.25, 0.3) is 0 Å². The van der Waals surface area contributed by atoms with Gasteiger partial charge in [0.1, 0.15) is 11.4 Å². The lowest BCUT2D eigenvalue weighted by Gasteiger charge is -2.42. The van der Waals surface area contributed by atoms with Crippen LogP contribution in [0.15, 0.2) is 16.9 Å². The third-order valence-corrected chi connectivity index (χ3v) is 6.26.